The highest BCUT2D eigenvalue weighted by Crippen LogP contribution is 2.43. The van der Waals surface area contributed by atoms with Gasteiger partial charge in [0, 0.05) is 44.6 Å². The van der Waals surface area contributed by atoms with Crippen LogP contribution in [0.15, 0.2) is 91.1 Å². The second-order valence-corrected chi connectivity index (χ2v) is 11.1. The van der Waals surface area contributed by atoms with Crippen molar-refractivity contribution < 1.29 is 5.11 Å². The largest absolute Gasteiger partial charge is 0.508 e. The SMILES string of the molecule is CC(C)(C)c1ccnc(-n2c3cc(O)ccc3c3cc4c5cccc6c7ccccc7n(c4cc32)c65)c1. The van der Waals surface area contributed by atoms with E-state index >= 15 is 0 Å². The van der Waals surface area contributed by atoms with Gasteiger partial charge in [-0.15, -0.1) is 0 Å². The molecule has 1 N–H and O–H groups in total. The summed E-state index contributed by atoms with van der Waals surface area (Å²) >= 11 is 0. The number of phenolic OH excluding ortho intramolecular Hbond substituents is 1. The monoisotopic (exact) mass is 479 g/mol. The number of rotatable bonds is 1. The Morgan fingerprint density at radius 3 is 2.16 bits per heavy atom. The quantitative estimate of drug-likeness (QED) is 0.257. The second-order valence-electron chi connectivity index (χ2n) is 11.1. The van der Waals surface area contributed by atoms with Crippen molar-refractivity contribution in [2.24, 2.45) is 0 Å². The standard InChI is InChI=1S/C33H25N3O/c1-33(2,3)19-13-14-34-31(15-19)35-28-16-20(37)11-12-22(28)25-17-26-24-9-6-8-23-21-7-4-5-10-27(21)36(32(23)24)30(26)18-29(25)35/h4-18,37H,1-3H3. The summed E-state index contributed by atoms with van der Waals surface area (Å²) < 4.78 is 4.61. The average molecular weight is 480 g/mol. The molecule has 0 saturated heterocycles. The van der Waals surface area contributed by atoms with Crippen molar-refractivity contribution in [2.75, 3.05) is 0 Å². The van der Waals surface area contributed by atoms with Gasteiger partial charge in [0.15, 0.2) is 0 Å². The number of hydrogen-bond acceptors (Lipinski definition) is 2. The Bertz CT molecular complexity index is 2190. The molecule has 0 bridgehead atoms. The van der Waals surface area contributed by atoms with Crippen molar-refractivity contribution in [2.45, 2.75) is 26.2 Å². The molecule has 4 heteroatoms. The Morgan fingerprint density at radius 2 is 1.32 bits per heavy atom. The maximum absolute atomic E-state index is 10.5. The summed E-state index contributed by atoms with van der Waals surface area (Å²) in [5.41, 5.74) is 6.92. The van der Waals surface area contributed by atoms with Crippen molar-refractivity contribution in [1.82, 2.24) is 14.0 Å². The third-order valence-corrected chi connectivity index (χ3v) is 7.93. The van der Waals surface area contributed by atoms with Gasteiger partial charge in [0.2, 0.25) is 0 Å². The van der Waals surface area contributed by atoms with Gasteiger partial charge in [-0.2, -0.15) is 0 Å². The minimum Gasteiger partial charge on any atom is -0.508 e. The van der Waals surface area contributed by atoms with Crippen molar-refractivity contribution in [3.63, 3.8) is 0 Å². The molecule has 0 saturated carbocycles. The summed E-state index contributed by atoms with van der Waals surface area (Å²) in [6.45, 7) is 6.66. The minimum atomic E-state index is -0.00284. The number of fused-ring (bicyclic) bond motifs is 9. The minimum absolute atomic E-state index is 0.00284. The summed E-state index contributed by atoms with van der Waals surface area (Å²) in [6.07, 6.45) is 1.89. The van der Waals surface area contributed by atoms with E-state index in [2.05, 4.69) is 96.5 Å². The lowest BCUT2D eigenvalue weighted by Gasteiger charge is -2.20. The zero-order chi connectivity index (χ0) is 25.1. The van der Waals surface area contributed by atoms with Crippen LogP contribution in [0.3, 0.4) is 0 Å². The molecule has 0 unspecified atom stereocenters. The molecule has 37 heavy (non-hydrogen) atoms. The highest BCUT2D eigenvalue weighted by Gasteiger charge is 2.22. The lowest BCUT2D eigenvalue weighted by atomic mass is 9.88. The molecule has 0 spiro atoms. The van der Waals surface area contributed by atoms with Gasteiger partial charge in [0.25, 0.3) is 0 Å². The maximum Gasteiger partial charge on any atom is 0.137 e. The Hall–Kier alpha value is -4.57. The second kappa shape index (κ2) is 6.80. The topological polar surface area (TPSA) is 42.5 Å². The third kappa shape index (κ3) is 2.65. The van der Waals surface area contributed by atoms with E-state index in [1.807, 2.05) is 18.3 Å². The summed E-state index contributed by atoms with van der Waals surface area (Å²) in [6, 6.07) is 29.8. The third-order valence-electron chi connectivity index (χ3n) is 7.93. The smallest absolute Gasteiger partial charge is 0.137 e. The van der Waals surface area contributed by atoms with Crippen LogP contribution in [0.2, 0.25) is 0 Å². The Kier molecular flexibility index (Phi) is 3.79. The number of para-hydroxylation sites is 2. The zero-order valence-corrected chi connectivity index (χ0v) is 20.9. The lowest BCUT2D eigenvalue weighted by Crippen LogP contribution is -2.12. The fraction of sp³-hybridized carbons (Fsp3) is 0.121. The van der Waals surface area contributed by atoms with Crippen LogP contribution in [0, 0.1) is 0 Å². The van der Waals surface area contributed by atoms with Gasteiger partial charge in [-0.3, -0.25) is 4.57 Å². The summed E-state index contributed by atoms with van der Waals surface area (Å²) in [5.74, 6) is 1.11. The number of aromatic hydroxyl groups is 1. The van der Waals surface area contributed by atoms with Crippen molar-refractivity contribution in [3.05, 3.63) is 96.7 Å². The van der Waals surface area contributed by atoms with Gasteiger partial charge in [0.05, 0.1) is 27.6 Å². The van der Waals surface area contributed by atoms with E-state index in [0.717, 1.165) is 27.6 Å². The van der Waals surface area contributed by atoms with E-state index < -0.39 is 0 Å². The molecule has 4 heterocycles. The number of aromatic nitrogens is 3. The average Bonchev–Trinajstić information content (AvgIpc) is 3.51. The highest BCUT2D eigenvalue weighted by atomic mass is 16.3. The molecule has 8 rings (SSSR count). The van der Waals surface area contributed by atoms with Crippen LogP contribution >= 0.6 is 0 Å². The summed E-state index contributed by atoms with van der Waals surface area (Å²) in [4.78, 5) is 4.81. The molecule has 4 aromatic heterocycles. The van der Waals surface area contributed by atoms with Crippen LogP contribution in [-0.2, 0) is 5.41 Å². The van der Waals surface area contributed by atoms with Crippen molar-refractivity contribution in [1.29, 1.82) is 0 Å². The van der Waals surface area contributed by atoms with Crippen molar-refractivity contribution >= 4 is 59.9 Å². The van der Waals surface area contributed by atoms with Crippen LogP contribution in [0.5, 0.6) is 5.75 Å². The highest BCUT2D eigenvalue weighted by molar-refractivity contribution is 6.26. The van der Waals surface area contributed by atoms with Gasteiger partial charge in [0.1, 0.15) is 11.6 Å². The number of hydrogen-bond donors (Lipinski definition) is 1. The van der Waals surface area contributed by atoms with E-state index in [4.69, 9.17) is 4.98 Å². The molecule has 178 valence electrons. The summed E-state index contributed by atoms with van der Waals surface area (Å²) in [5, 5.41) is 17.8. The number of nitrogens with zero attached hydrogens (tertiary/aromatic N) is 3. The van der Waals surface area contributed by atoms with Crippen LogP contribution < -0.4 is 0 Å². The van der Waals surface area contributed by atoms with Crippen LogP contribution in [0.4, 0.5) is 0 Å². The molecule has 0 amide bonds. The molecule has 0 atom stereocenters. The molecule has 8 aromatic rings. The predicted octanol–water partition coefficient (Wildman–Crippen LogP) is 8.33. The molecule has 0 fully saturated rings. The predicted molar refractivity (Wildman–Crippen MR) is 154 cm³/mol. The van der Waals surface area contributed by atoms with Gasteiger partial charge in [-0.25, -0.2) is 4.98 Å². The lowest BCUT2D eigenvalue weighted by molar-refractivity contribution is 0.476. The molecule has 0 aliphatic rings. The van der Waals surface area contributed by atoms with E-state index in [9.17, 15) is 5.11 Å². The normalized spacial score (nSPS) is 12.8. The Morgan fingerprint density at radius 1 is 0.622 bits per heavy atom. The first kappa shape index (κ1) is 20.6. The van der Waals surface area contributed by atoms with E-state index in [0.29, 0.717) is 0 Å². The molecule has 0 radical (unpaired) electrons. The van der Waals surface area contributed by atoms with E-state index in [1.165, 1.54) is 43.7 Å². The summed E-state index contributed by atoms with van der Waals surface area (Å²) in [7, 11) is 0. The molecular weight excluding hydrogens is 454 g/mol. The molecule has 0 aliphatic carbocycles. The number of pyridine rings is 1. The fourth-order valence-electron chi connectivity index (χ4n) is 6.18. The first-order valence-corrected chi connectivity index (χ1v) is 12.7. The molecule has 4 aromatic carbocycles. The Balaban J connectivity index is 1.59. The van der Waals surface area contributed by atoms with Gasteiger partial charge < -0.3 is 9.51 Å². The molecular formula is C33H25N3O. The van der Waals surface area contributed by atoms with Gasteiger partial charge >= 0.3 is 0 Å². The van der Waals surface area contributed by atoms with Crippen LogP contribution in [-0.4, -0.2) is 19.1 Å². The van der Waals surface area contributed by atoms with E-state index in [1.54, 1.807) is 6.07 Å². The number of benzene rings is 4. The van der Waals surface area contributed by atoms with Crippen LogP contribution in [0.1, 0.15) is 26.3 Å². The van der Waals surface area contributed by atoms with E-state index in [-0.39, 0.29) is 11.2 Å². The number of phenols is 1. The fourth-order valence-corrected chi connectivity index (χ4v) is 6.18. The Labute approximate surface area is 213 Å². The first-order valence-electron chi connectivity index (χ1n) is 12.7. The van der Waals surface area contributed by atoms with Crippen molar-refractivity contribution in [3.8, 4) is 11.6 Å². The zero-order valence-electron chi connectivity index (χ0n) is 20.9. The van der Waals surface area contributed by atoms with Crippen LogP contribution in [0.25, 0.3) is 65.7 Å². The maximum atomic E-state index is 10.5. The molecule has 4 nitrogen and oxygen atoms in total. The van der Waals surface area contributed by atoms with Gasteiger partial charge in [-0.05, 0) is 53.4 Å². The molecule has 0 aliphatic heterocycles. The first-order chi connectivity index (χ1) is 17.9. The van der Waals surface area contributed by atoms with Gasteiger partial charge in [-0.1, -0.05) is 57.2 Å².